The van der Waals surface area contributed by atoms with Crippen LogP contribution < -0.4 is 0 Å². The lowest BCUT2D eigenvalue weighted by molar-refractivity contribution is -0.00379. The van der Waals surface area contributed by atoms with Crippen molar-refractivity contribution in [3.05, 3.63) is 0 Å². The van der Waals surface area contributed by atoms with Crippen LogP contribution in [0.5, 0.6) is 0 Å². The van der Waals surface area contributed by atoms with Crippen LogP contribution in [0, 0.1) is 0 Å². The molecular weight excluding hydrogens is 126 g/mol. The molecule has 0 saturated carbocycles. The van der Waals surface area contributed by atoms with E-state index < -0.39 is 0 Å². The zero-order chi connectivity index (χ0) is 7.98. The maximum atomic E-state index is 5.13. The molecule has 1 atom stereocenters. The second-order valence-electron chi connectivity index (χ2n) is 2.67. The van der Waals surface area contributed by atoms with Gasteiger partial charge in [0, 0.05) is 13.7 Å². The lowest BCUT2D eigenvalue weighted by Gasteiger charge is -2.22. The molecule has 0 aromatic carbocycles. The van der Waals surface area contributed by atoms with Crippen molar-refractivity contribution in [1.82, 2.24) is 4.90 Å². The predicted octanol–water partition coefficient (Wildman–Crippen LogP) is 1.71. The monoisotopic (exact) mass is 145 g/mol. The summed E-state index contributed by atoms with van der Waals surface area (Å²) >= 11 is 0. The smallest absolute Gasteiger partial charge is 0.107 e. The van der Waals surface area contributed by atoms with Gasteiger partial charge in [0.1, 0.15) is 6.23 Å². The molecule has 0 aliphatic rings. The molecule has 0 amide bonds. The molecule has 0 N–H and O–H groups in total. The molecule has 62 valence electrons. The van der Waals surface area contributed by atoms with E-state index in [0.717, 1.165) is 6.54 Å². The van der Waals surface area contributed by atoms with Crippen molar-refractivity contribution in [2.75, 3.05) is 20.7 Å². The van der Waals surface area contributed by atoms with Crippen molar-refractivity contribution in [3.8, 4) is 0 Å². The second kappa shape index (κ2) is 5.69. The third-order valence-electron chi connectivity index (χ3n) is 1.83. The average molecular weight is 145 g/mol. The summed E-state index contributed by atoms with van der Waals surface area (Å²) in [6.07, 6.45) is 2.76. The standard InChI is InChI=1S/C8H19NO/c1-5-6-7-9(3)8(2)10-4/h8H,5-7H2,1-4H3. The van der Waals surface area contributed by atoms with E-state index in [1.807, 2.05) is 0 Å². The molecule has 0 spiro atoms. The van der Waals surface area contributed by atoms with Gasteiger partial charge in [0.05, 0.1) is 0 Å². The van der Waals surface area contributed by atoms with Gasteiger partial charge in [-0.05, 0) is 20.4 Å². The first-order valence-electron chi connectivity index (χ1n) is 3.95. The van der Waals surface area contributed by atoms with Crippen molar-refractivity contribution >= 4 is 0 Å². The van der Waals surface area contributed by atoms with E-state index in [2.05, 4.69) is 25.8 Å². The molecule has 0 radical (unpaired) electrons. The Kier molecular flexibility index (Phi) is 5.64. The largest absolute Gasteiger partial charge is 0.367 e. The fourth-order valence-electron chi connectivity index (χ4n) is 0.769. The van der Waals surface area contributed by atoms with Crippen molar-refractivity contribution < 1.29 is 4.74 Å². The molecule has 0 rings (SSSR count). The van der Waals surface area contributed by atoms with E-state index in [0.29, 0.717) is 0 Å². The van der Waals surface area contributed by atoms with E-state index in [1.54, 1.807) is 7.11 Å². The third-order valence-corrected chi connectivity index (χ3v) is 1.83. The van der Waals surface area contributed by atoms with Crippen LogP contribution in [0.1, 0.15) is 26.7 Å². The van der Waals surface area contributed by atoms with Crippen LogP contribution in [-0.4, -0.2) is 31.8 Å². The molecule has 1 unspecified atom stereocenters. The van der Waals surface area contributed by atoms with Gasteiger partial charge in [-0.2, -0.15) is 0 Å². The highest BCUT2D eigenvalue weighted by Crippen LogP contribution is 1.98. The van der Waals surface area contributed by atoms with Crippen molar-refractivity contribution in [2.24, 2.45) is 0 Å². The van der Waals surface area contributed by atoms with Crippen LogP contribution in [0.2, 0.25) is 0 Å². The Balaban J connectivity index is 3.31. The van der Waals surface area contributed by atoms with Crippen molar-refractivity contribution in [3.63, 3.8) is 0 Å². The summed E-state index contributed by atoms with van der Waals surface area (Å²) in [4.78, 5) is 2.21. The van der Waals surface area contributed by atoms with Crippen LogP contribution >= 0.6 is 0 Å². The summed E-state index contributed by atoms with van der Waals surface area (Å²) in [7, 11) is 3.83. The van der Waals surface area contributed by atoms with E-state index in [4.69, 9.17) is 4.74 Å². The molecule has 0 aliphatic carbocycles. The summed E-state index contributed by atoms with van der Waals surface area (Å²) in [5.74, 6) is 0. The molecule has 0 heterocycles. The molecule has 0 fully saturated rings. The van der Waals surface area contributed by atoms with Crippen LogP contribution in [-0.2, 0) is 4.74 Å². The highest BCUT2D eigenvalue weighted by atomic mass is 16.5. The molecule has 0 aromatic heterocycles. The maximum absolute atomic E-state index is 5.13. The number of unbranched alkanes of at least 4 members (excludes halogenated alkanes) is 1. The third kappa shape index (κ3) is 3.85. The molecule has 0 bridgehead atoms. The first-order valence-corrected chi connectivity index (χ1v) is 3.95. The molecule has 2 nitrogen and oxygen atoms in total. The minimum Gasteiger partial charge on any atom is -0.367 e. The number of methoxy groups -OCH3 is 1. The summed E-state index contributed by atoms with van der Waals surface area (Å²) in [6, 6.07) is 0. The number of hydrogen-bond donors (Lipinski definition) is 0. The molecule has 0 aromatic rings. The SMILES string of the molecule is CCCCN(C)C(C)OC. The van der Waals surface area contributed by atoms with Gasteiger partial charge in [0.15, 0.2) is 0 Å². The zero-order valence-corrected chi connectivity index (χ0v) is 7.55. The van der Waals surface area contributed by atoms with Gasteiger partial charge in [0.25, 0.3) is 0 Å². The zero-order valence-electron chi connectivity index (χ0n) is 7.55. The van der Waals surface area contributed by atoms with Crippen molar-refractivity contribution in [1.29, 1.82) is 0 Å². The number of rotatable bonds is 5. The van der Waals surface area contributed by atoms with E-state index in [-0.39, 0.29) is 6.23 Å². The van der Waals surface area contributed by atoms with Gasteiger partial charge in [-0.1, -0.05) is 13.3 Å². The topological polar surface area (TPSA) is 12.5 Å². The highest BCUT2D eigenvalue weighted by molar-refractivity contribution is 4.51. The van der Waals surface area contributed by atoms with Gasteiger partial charge in [-0.15, -0.1) is 0 Å². The maximum Gasteiger partial charge on any atom is 0.107 e. The number of ether oxygens (including phenoxy) is 1. The average Bonchev–Trinajstić information content (AvgIpc) is 1.98. The Morgan fingerprint density at radius 2 is 2.10 bits per heavy atom. The minimum atomic E-state index is 0.256. The van der Waals surface area contributed by atoms with E-state index in [9.17, 15) is 0 Å². The summed E-state index contributed by atoms with van der Waals surface area (Å²) in [5.41, 5.74) is 0. The van der Waals surface area contributed by atoms with Crippen LogP contribution in [0.4, 0.5) is 0 Å². The normalized spacial score (nSPS) is 14.1. The van der Waals surface area contributed by atoms with Crippen LogP contribution in [0.15, 0.2) is 0 Å². The second-order valence-corrected chi connectivity index (χ2v) is 2.67. The van der Waals surface area contributed by atoms with Crippen LogP contribution in [0.3, 0.4) is 0 Å². The van der Waals surface area contributed by atoms with Gasteiger partial charge >= 0.3 is 0 Å². The highest BCUT2D eigenvalue weighted by Gasteiger charge is 2.04. The molecule has 0 aliphatic heterocycles. The molecule has 10 heavy (non-hydrogen) atoms. The molecule has 2 heteroatoms. The summed E-state index contributed by atoms with van der Waals surface area (Å²) < 4.78 is 5.13. The number of hydrogen-bond acceptors (Lipinski definition) is 2. The van der Waals surface area contributed by atoms with Gasteiger partial charge in [-0.25, -0.2) is 0 Å². The Hall–Kier alpha value is -0.0800. The van der Waals surface area contributed by atoms with Gasteiger partial charge in [0.2, 0.25) is 0 Å². The Bertz CT molecular complexity index is 75.7. The van der Waals surface area contributed by atoms with Crippen molar-refractivity contribution in [2.45, 2.75) is 32.9 Å². The molecule has 0 saturated heterocycles. The van der Waals surface area contributed by atoms with Gasteiger partial charge < -0.3 is 4.74 Å². The van der Waals surface area contributed by atoms with E-state index in [1.165, 1.54) is 12.8 Å². The first-order chi connectivity index (χ1) is 4.72. The fourth-order valence-corrected chi connectivity index (χ4v) is 0.769. The minimum absolute atomic E-state index is 0.256. The quantitative estimate of drug-likeness (QED) is 0.546. The van der Waals surface area contributed by atoms with Gasteiger partial charge in [-0.3, -0.25) is 4.90 Å². The fraction of sp³-hybridized carbons (Fsp3) is 1.00. The lowest BCUT2D eigenvalue weighted by Crippen LogP contribution is -2.31. The molecular formula is C8H19NO. The first kappa shape index (κ1) is 9.92. The van der Waals surface area contributed by atoms with E-state index >= 15 is 0 Å². The van der Waals surface area contributed by atoms with Crippen LogP contribution in [0.25, 0.3) is 0 Å². The Labute approximate surface area is 64.2 Å². The summed E-state index contributed by atoms with van der Waals surface area (Å²) in [5, 5.41) is 0. The lowest BCUT2D eigenvalue weighted by atomic mass is 10.3. The predicted molar refractivity (Wildman–Crippen MR) is 44.0 cm³/mol. The Morgan fingerprint density at radius 3 is 2.50 bits per heavy atom. The summed E-state index contributed by atoms with van der Waals surface area (Å²) in [6.45, 7) is 5.40. The number of nitrogens with zero attached hydrogens (tertiary/aromatic N) is 1. The Morgan fingerprint density at radius 1 is 1.50 bits per heavy atom.